The van der Waals surface area contributed by atoms with E-state index in [1.165, 1.54) is 0 Å². The molecular formula is C14H18N2O2S. The van der Waals surface area contributed by atoms with Crippen molar-refractivity contribution in [2.24, 2.45) is 0 Å². The summed E-state index contributed by atoms with van der Waals surface area (Å²) in [6.07, 6.45) is 0.979. The average Bonchev–Trinajstić information content (AvgIpc) is 2.94. The largest absolute Gasteiger partial charge is 0.492 e. The van der Waals surface area contributed by atoms with E-state index < -0.39 is 0 Å². The first kappa shape index (κ1) is 12.7. The third-order valence-electron chi connectivity index (χ3n) is 3.72. The van der Waals surface area contributed by atoms with Crippen LogP contribution in [0.15, 0.2) is 18.2 Å². The summed E-state index contributed by atoms with van der Waals surface area (Å²) in [5.41, 5.74) is 1.99. The smallest absolute Gasteiger partial charge is 0.178 e. The number of aromatic nitrogens is 2. The lowest BCUT2D eigenvalue weighted by Crippen LogP contribution is -2.30. The normalized spacial score (nSPS) is 23.1. The second-order valence-electron chi connectivity index (χ2n) is 5.15. The number of ether oxygens (including phenoxy) is 2. The summed E-state index contributed by atoms with van der Waals surface area (Å²) in [6.45, 7) is 6.31. The summed E-state index contributed by atoms with van der Waals surface area (Å²) < 4.78 is 14.1. The van der Waals surface area contributed by atoms with Gasteiger partial charge >= 0.3 is 0 Å². The molecule has 102 valence electrons. The number of rotatable bonds is 3. The van der Waals surface area contributed by atoms with E-state index >= 15 is 0 Å². The molecule has 5 heteroatoms. The third-order valence-corrected chi connectivity index (χ3v) is 4.00. The average molecular weight is 278 g/mol. The number of hydrogen-bond acceptors (Lipinski definition) is 3. The molecule has 0 saturated carbocycles. The van der Waals surface area contributed by atoms with Gasteiger partial charge in [0.1, 0.15) is 11.3 Å². The van der Waals surface area contributed by atoms with Crippen LogP contribution in [0.3, 0.4) is 0 Å². The molecule has 0 radical (unpaired) electrons. The maximum atomic E-state index is 5.66. The van der Waals surface area contributed by atoms with Crippen molar-refractivity contribution in [3.63, 3.8) is 0 Å². The number of nitrogens with one attached hydrogen (secondary N) is 1. The SMILES string of the molecule is CCOc1cccc2c1[nH]c(=S)n2C1(C)CCOC1. The lowest BCUT2D eigenvalue weighted by molar-refractivity contribution is 0.162. The van der Waals surface area contributed by atoms with E-state index in [2.05, 4.69) is 22.5 Å². The maximum absolute atomic E-state index is 5.66. The van der Waals surface area contributed by atoms with E-state index in [1.54, 1.807) is 0 Å². The number of aromatic amines is 1. The molecule has 1 aliphatic heterocycles. The molecule has 4 nitrogen and oxygen atoms in total. The molecule has 1 N–H and O–H groups in total. The van der Waals surface area contributed by atoms with Crippen LogP contribution in [0.2, 0.25) is 0 Å². The molecule has 2 aromatic rings. The van der Waals surface area contributed by atoms with Gasteiger partial charge in [0.05, 0.1) is 24.3 Å². The van der Waals surface area contributed by atoms with E-state index in [0.717, 1.165) is 34.6 Å². The molecule has 1 unspecified atom stereocenters. The monoisotopic (exact) mass is 278 g/mol. The first-order valence-corrected chi connectivity index (χ1v) is 7.01. The molecule has 0 amide bonds. The van der Waals surface area contributed by atoms with Crippen LogP contribution < -0.4 is 4.74 Å². The summed E-state index contributed by atoms with van der Waals surface area (Å²) >= 11 is 5.50. The number of imidazole rings is 1. The van der Waals surface area contributed by atoms with E-state index in [4.69, 9.17) is 21.7 Å². The Bertz CT molecular complexity index is 653. The zero-order valence-corrected chi connectivity index (χ0v) is 12.0. The first-order chi connectivity index (χ1) is 9.15. The highest BCUT2D eigenvalue weighted by Crippen LogP contribution is 2.33. The number of H-pyrrole nitrogens is 1. The van der Waals surface area contributed by atoms with E-state index in [9.17, 15) is 0 Å². The zero-order chi connectivity index (χ0) is 13.5. The predicted molar refractivity (Wildman–Crippen MR) is 77.4 cm³/mol. The van der Waals surface area contributed by atoms with Gasteiger partial charge in [0, 0.05) is 6.61 Å². The highest BCUT2D eigenvalue weighted by Gasteiger charge is 2.33. The van der Waals surface area contributed by atoms with E-state index in [0.29, 0.717) is 13.2 Å². The van der Waals surface area contributed by atoms with Gasteiger partial charge in [0.15, 0.2) is 4.77 Å². The van der Waals surface area contributed by atoms with Gasteiger partial charge in [-0.2, -0.15) is 0 Å². The van der Waals surface area contributed by atoms with Crippen molar-refractivity contribution in [3.05, 3.63) is 23.0 Å². The Morgan fingerprint density at radius 3 is 3.05 bits per heavy atom. The number of fused-ring (bicyclic) bond motifs is 1. The van der Waals surface area contributed by atoms with Gasteiger partial charge in [-0.1, -0.05) is 6.07 Å². The van der Waals surface area contributed by atoms with Crippen molar-refractivity contribution < 1.29 is 9.47 Å². The summed E-state index contributed by atoms with van der Waals surface area (Å²) in [6, 6.07) is 6.05. The van der Waals surface area contributed by atoms with Crippen LogP contribution in [-0.2, 0) is 10.3 Å². The zero-order valence-electron chi connectivity index (χ0n) is 11.2. The lowest BCUT2D eigenvalue weighted by Gasteiger charge is -2.24. The van der Waals surface area contributed by atoms with Crippen LogP contribution in [-0.4, -0.2) is 29.4 Å². The molecule has 1 atom stereocenters. The third kappa shape index (κ3) is 1.97. The Labute approximate surface area is 117 Å². The fourth-order valence-corrected chi connectivity index (χ4v) is 3.17. The molecule has 2 heterocycles. The van der Waals surface area contributed by atoms with Gasteiger partial charge in [-0.15, -0.1) is 0 Å². The minimum absolute atomic E-state index is 0.0693. The highest BCUT2D eigenvalue weighted by molar-refractivity contribution is 7.71. The quantitative estimate of drug-likeness (QED) is 0.876. The van der Waals surface area contributed by atoms with Crippen molar-refractivity contribution in [2.45, 2.75) is 25.8 Å². The van der Waals surface area contributed by atoms with Crippen LogP contribution >= 0.6 is 12.2 Å². The van der Waals surface area contributed by atoms with Crippen molar-refractivity contribution in [3.8, 4) is 5.75 Å². The molecule has 1 saturated heterocycles. The fourth-order valence-electron chi connectivity index (χ4n) is 2.75. The van der Waals surface area contributed by atoms with Crippen LogP contribution in [0, 0.1) is 4.77 Å². The maximum Gasteiger partial charge on any atom is 0.178 e. The molecule has 1 aromatic carbocycles. The Morgan fingerprint density at radius 2 is 2.37 bits per heavy atom. The molecule has 3 rings (SSSR count). The Morgan fingerprint density at radius 1 is 1.53 bits per heavy atom. The Hall–Kier alpha value is -1.33. The molecule has 0 aliphatic carbocycles. The fraction of sp³-hybridized carbons (Fsp3) is 0.500. The predicted octanol–water partition coefficient (Wildman–Crippen LogP) is 3.23. The van der Waals surface area contributed by atoms with E-state index in [1.807, 2.05) is 19.1 Å². The molecule has 0 bridgehead atoms. The Kier molecular flexibility index (Phi) is 3.11. The van der Waals surface area contributed by atoms with E-state index in [-0.39, 0.29) is 5.54 Å². The van der Waals surface area contributed by atoms with Crippen molar-refractivity contribution in [2.75, 3.05) is 19.8 Å². The molecule has 1 aliphatic rings. The second kappa shape index (κ2) is 4.65. The van der Waals surface area contributed by atoms with Gasteiger partial charge < -0.3 is 19.0 Å². The van der Waals surface area contributed by atoms with Gasteiger partial charge in [-0.05, 0) is 44.6 Å². The minimum Gasteiger partial charge on any atom is -0.492 e. The molecule has 19 heavy (non-hydrogen) atoms. The molecule has 1 aromatic heterocycles. The number of benzene rings is 1. The van der Waals surface area contributed by atoms with Gasteiger partial charge in [0.2, 0.25) is 0 Å². The van der Waals surface area contributed by atoms with Crippen LogP contribution in [0.25, 0.3) is 11.0 Å². The van der Waals surface area contributed by atoms with Crippen LogP contribution in [0.1, 0.15) is 20.3 Å². The summed E-state index contributed by atoms with van der Waals surface area (Å²) in [5.74, 6) is 0.854. The van der Waals surface area contributed by atoms with Crippen molar-refractivity contribution >= 4 is 23.3 Å². The van der Waals surface area contributed by atoms with Gasteiger partial charge in [-0.25, -0.2) is 0 Å². The Balaban J connectivity index is 2.23. The second-order valence-corrected chi connectivity index (χ2v) is 5.54. The standard InChI is InChI=1S/C14H18N2O2S/c1-3-18-11-6-4-5-10-12(11)15-13(19)16(10)14(2)7-8-17-9-14/h4-6H,3,7-9H2,1-2H3,(H,15,19). The number of hydrogen-bond donors (Lipinski definition) is 1. The van der Waals surface area contributed by atoms with Gasteiger partial charge in [0.25, 0.3) is 0 Å². The lowest BCUT2D eigenvalue weighted by atomic mass is 10.0. The number of para-hydroxylation sites is 1. The molecular weight excluding hydrogens is 260 g/mol. The van der Waals surface area contributed by atoms with Crippen molar-refractivity contribution in [1.82, 2.24) is 9.55 Å². The highest BCUT2D eigenvalue weighted by atomic mass is 32.1. The number of nitrogens with zero attached hydrogens (tertiary/aromatic N) is 1. The summed E-state index contributed by atoms with van der Waals surface area (Å²) in [4.78, 5) is 3.28. The topological polar surface area (TPSA) is 39.2 Å². The van der Waals surface area contributed by atoms with Gasteiger partial charge in [-0.3, -0.25) is 0 Å². The summed E-state index contributed by atoms with van der Waals surface area (Å²) in [5, 5.41) is 0. The summed E-state index contributed by atoms with van der Waals surface area (Å²) in [7, 11) is 0. The van der Waals surface area contributed by atoms with Crippen LogP contribution in [0.5, 0.6) is 5.75 Å². The van der Waals surface area contributed by atoms with Crippen molar-refractivity contribution in [1.29, 1.82) is 0 Å². The first-order valence-electron chi connectivity index (χ1n) is 6.60. The molecule has 0 spiro atoms. The molecule has 1 fully saturated rings. The van der Waals surface area contributed by atoms with Crippen LogP contribution in [0.4, 0.5) is 0 Å². The minimum atomic E-state index is -0.0693.